The summed E-state index contributed by atoms with van der Waals surface area (Å²) < 4.78 is 0. The number of para-hydroxylation sites is 2. The van der Waals surface area contributed by atoms with Crippen LogP contribution < -0.4 is 16.4 Å². The second-order valence-corrected chi connectivity index (χ2v) is 4.49. The zero-order chi connectivity index (χ0) is 14.0. The van der Waals surface area contributed by atoms with Gasteiger partial charge >= 0.3 is 0 Å². The maximum Gasteiger partial charge on any atom is 0.258 e. The van der Waals surface area contributed by atoms with Gasteiger partial charge in [0.15, 0.2) is 0 Å². The number of carbonyl (C=O) groups is 1. The Balaban J connectivity index is 2.34. The van der Waals surface area contributed by atoms with Crippen LogP contribution in [-0.2, 0) is 0 Å². The number of nitrogen functional groups attached to an aromatic ring is 2. The number of anilines is 3. The minimum Gasteiger partial charge on any atom is -0.399 e. The fourth-order valence-corrected chi connectivity index (χ4v) is 1.90. The highest BCUT2D eigenvalue weighted by Gasteiger charge is 2.15. The van der Waals surface area contributed by atoms with Crippen molar-refractivity contribution in [3.8, 4) is 0 Å². The first-order chi connectivity index (χ1) is 9.00. The van der Waals surface area contributed by atoms with E-state index in [1.54, 1.807) is 36.2 Å². The van der Waals surface area contributed by atoms with E-state index in [2.05, 4.69) is 0 Å². The molecule has 0 aliphatic carbocycles. The van der Waals surface area contributed by atoms with Gasteiger partial charge in [-0.25, -0.2) is 0 Å². The molecule has 0 aromatic heterocycles. The topological polar surface area (TPSA) is 72.3 Å². The molecule has 0 fully saturated rings. The standard InChI is InChI=1S/C15H17N3O/c1-10-9-11(7-8-12(10)16)15(19)18(2)14-6-4-3-5-13(14)17/h3-9H,16-17H2,1-2H3. The van der Waals surface area contributed by atoms with Crippen LogP contribution in [0.25, 0.3) is 0 Å². The second kappa shape index (κ2) is 5.02. The molecule has 2 aromatic rings. The Morgan fingerprint density at radius 3 is 2.37 bits per heavy atom. The molecule has 4 nitrogen and oxygen atoms in total. The van der Waals surface area contributed by atoms with Crippen molar-refractivity contribution in [3.05, 3.63) is 53.6 Å². The SMILES string of the molecule is Cc1cc(C(=O)N(C)c2ccccc2N)ccc1N. The van der Waals surface area contributed by atoms with Crippen LogP contribution in [0.3, 0.4) is 0 Å². The van der Waals surface area contributed by atoms with E-state index in [4.69, 9.17) is 11.5 Å². The van der Waals surface area contributed by atoms with Crippen LogP contribution in [0.4, 0.5) is 17.1 Å². The first-order valence-corrected chi connectivity index (χ1v) is 5.99. The summed E-state index contributed by atoms with van der Waals surface area (Å²) in [4.78, 5) is 13.9. The molecule has 0 heterocycles. The average molecular weight is 255 g/mol. The normalized spacial score (nSPS) is 10.2. The van der Waals surface area contributed by atoms with Crippen molar-refractivity contribution in [2.24, 2.45) is 0 Å². The summed E-state index contributed by atoms with van der Waals surface area (Å²) in [5, 5.41) is 0. The molecule has 98 valence electrons. The number of carbonyl (C=O) groups excluding carboxylic acids is 1. The third-order valence-electron chi connectivity index (χ3n) is 3.12. The molecule has 0 saturated heterocycles. The highest BCUT2D eigenvalue weighted by Crippen LogP contribution is 2.23. The molecule has 2 rings (SSSR count). The lowest BCUT2D eigenvalue weighted by atomic mass is 10.1. The summed E-state index contributed by atoms with van der Waals surface area (Å²) >= 11 is 0. The summed E-state index contributed by atoms with van der Waals surface area (Å²) in [5.74, 6) is -0.110. The van der Waals surface area contributed by atoms with Crippen molar-refractivity contribution < 1.29 is 4.79 Å². The third-order valence-corrected chi connectivity index (χ3v) is 3.12. The lowest BCUT2D eigenvalue weighted by Crippen LogP contribution is -2.27. The van der Waals surface area contributed by atoms with E-state index in [1.807, 2.05) is 25.1 Å². The molecule has 0 aliphatic rings. The van der Waals surface area contributed by atoms with Gasteiger partial charge in [-0.05, 0) is 42.8 Å². The monoisotopic (exact) mass is 255 g/mol. The molecule has 19 heavy (non-hydrogen) atoms. The van der Waals surface area contributed by atoms with Crippen molar-refractivity contribution in [1.29, 1.82) is 0 Å². The van der Waals surface area contributed by atoms with Gasteiger partial charge in [0.1, 0.15) is 0 Å². The predicted molar refractivity (Wildman–Crippen MR) is 79.2 cm³/mol. The number of nitrogens with zero attached hydrogens (tertiary/aromatic N) is 1. The number of hydrogen-bond donors (Lipinski definition) is 2. The molecule has 2 aromatic carbocycles. The lowest BCUT2D eigenvalue weighted by Gasteiger charge is -2.19. The van der Waals surface area contributed by atoms with Crippen LogP contribution in [0.5, 0.6) is 0 Å². The van der Waals surface area contributed by atoms with Crippen molar-refractivity contribution >= 4 is 23.0 Å². The first-order valence-electron chi connectivity index (χ1n) is 5.99. The Labute approximate surface area is 112 Å². The van der Waals surface area contributed by atoms with Crippen LogP contribution in [0.15, 0.2) is 42.5 Å². The fourth-order valence-electron chi connectivity index (χ4n) is 1.90. The third kappa shape index (κ3) is 2.52. The van der Waals surface area contributed by atoms with Gasteiger partial charge in [-0.3, -0.25) is 4.79 Å². The minimum absolute atomic E-state index is 0.110. The molecule has 0 spiro atoms. The van der Waals surface area contributed by atoms with E-state index in [1.165, 1.54) is 0 Å². The molecule has 4 N–H and O–H groups in total. The Bertz CT molecular complexity index is 623. The maximum atomic E-state index is 12.4. The summed E-state index contributed by atoms with van der Waals surface area (Å²) in [6, 6.07) is 12.5. The number of aryl methyl sites for hydroxylation is 1. The smallest absolute Gasteiger partial charge is 0.258 e. The lowest BCUT2D eigenvalue weighted by molar-refractivity contribution is 0.0993. The molecule has 0 bridgehead atoms. The van der Waals surface area contributed by atoms with Crippen LogP contribution in [0, 0.1) is 6.92 Å². The van der Waals surface area contributed by atoms with E-state index in [0.29, 0.717) is 22.6 Å². The van der Waals surface area contributed by atoms with Gasteiger partial charge < -0.3 is 16.4 Å². The number of hydrogen-bond acceptors (Lipinski definition) is 3. The molecule has 1 amide bonds. The van der Waals surface area contributed by atoms with Gasteiger partial charge in [-0.15, -0.1) is 0 Å². The van der Waals surface area contributed by atoms with Gasteiger partial charge in [-0.1, -0.05) is 12.1 Å². The fraction of sp³-hybridized carbons (Fsp3) is 0.133. The van der Waals surface area contributed by atoms with E-state index < -0.39 is 0 Å². The summed E-state index contributed by atoms with van der Waals surface area (Å²) in [6.07, 6.45) is 0. The maximum absolute atomic E-state index is 12.4. The van der Waals surface area contributed by atoms with Crippen LogP contribution in [0.1, 0.15) is 15.9 Å². The van der Waals surface area contributed by atoms with Crippen molar-refractivity contribution in [2.75, 3.05) is 23.4 Å². The van der Waals surface area contributed by atoms with Crippen LogP contribution in [0.2, 0.25) is 0 Å². The molecular weight excluding hydrogens is 238 g/mol. The van der Waals surface area contributed by atoms with E-state index in [9.17, 15) is 4.79 Å². The predicted octanol–water partition coefficient (Wildman–Crippen LogP) is 2.44. The molecule has 0 unspecified atom stereocenters. The second-order valence-electron chi connectivity index (χ2n) is 4.49. The molecule has 0 radical (unpaired) electrons. The molecule has 0 aliphatic heterocycles. The number of rotatable bonds is 2. The van der Waals surface area contributed by atoms with Crippen molar-refractivity contribution in [3.63, 3.8) is 0 Å². The van der Waals surface area contributed by atoms with Gasteiger partial charge in [0.25, 0.3) is 5.91 Å². The number of benzene rings is 2. The highest BCUT2D eigenvalue weighted by atomic mass is 16.2. The van der Waals surface area contributed by atoms with Crippen molar-refractivity contribution in [2.45, 2.75) is 6.92 Å². The Hall–Kier alpha value is -2.49. The summed E-state index contributed by atoms with van der Waals surface area (Å²) in [7, 11) is 1.71. The zero-order valence-electron chi connectivity index (χ0n) is 11.1. The first kappa shape index (κ1) is 13.0. The summed E-state index contributed by atoms with van der Waals surface area (Å²) in [5.41, 5.74) is 15.1. The molecular formula is C15H17N3O. The van der Waals surface area contributed by atoms with Gasteiger partial charge in [-0.2, -0.15) is 0 Å². The Morgan fingerprint density at radius 2 is 1.74 bits per heavy atom. The average Bonchev–Trinajstić information content (AvgIpc) is 2.41. The molecule has 0 saturated carbocycles. The molecule has 4 heteroatoms. The number of nitrogens with two attached hydrogens (primary N) is 2. The largest absolute Gasteiger partial charge is 0.399 e. The van der Waals surface area contributed by atoms with E-state index in [0.717, 1.165) is 5.56 Å². The van der Waals surface area contributed by atoms with E-state index >= 15 is 0 Å². The Morgan fingerprint density at radius 1 is 1.05 bits per heavy atom. The van der Waals surface area contributed by atoms with Gasteiger partial charge in [0.2, 0.25) is 0 Å². The number of amides is 1. The van der Waals surface area contributed by atoms with Gasteiger partial charge in [0, 0.05) is 18.3 Å². The Kier molecular flexibility index (Phi) is 3.42. The summed E-state index contributed by atoms with van der Waals surface area (Å²) in [6.45, 7) is 1.88. The van der Waals surface area contributed by atoms with Crippen LogP contribution in [-0.4, -0.2) is 13.0 Å². The van der Waals surface area contributed by atoms with Crippen LogP contribution >= 0.6 is 0 Å². The van der Waals surface area contributed by atoms with Crippen molar-refractivity contribution in [1.82, 2.24) is 0 Å². The van der Waals surface area contributed by atoms with Gasteiger partial charge in [0.05, 0.1) is 11.4 Å². The minimum atomic E-state index is -0.110. The molecule has 0 atom stereocenters. The van der Waals surface area contributed by atoms with E-state index in [-0.39, 0.29) is 5.91 Å². The highest BCUT2D eigenvalue weighted by molar-refractivity contribution is 6.07. The zero-order valence-corrected chi connectivity index (χ0v) is 11.1. The quantitative estimate of drug-likeness (QED) is 0.809.